The number of nitrogens with one attached hydrogen (secondary N) is 2. The predicted molar refractivity (Wildman–Crippen MR) is 57.6 cm³/mol. The minimum absolute atomic E-state index is 0.0189. The Hall–Kier alpha value is -0.580. The molecule has 0 unspecified atom stereocenters. The monoisotopic (exact) mass is 230 g/mol. The molecule has 0 radical (unpaired) electrons. The first-order valence-corrected chi connectivity index (χ1v) is 5.70. The van der Waals surface area contributed by atoms with E-state index in [4.69, 9.17) is 11.6 Å². The molecule has 2 heterocycles. The number of amides is 1. The molecule has 1 aromatic heterocycles. The van der Waals surface area contributed by atoms with Crippen LogP contribution in [-0.4, -0.2) is 18.5 Å². The molecule has 2 N–H and O–H groups in total. The van der Waals surface area contributed by atoms with Crippen molar-refractivity contribution in [1.82, 2.24) is 10.6 Å². The van der Waals surface area contributed by atoms with E-state index in [1.165, 1.54) is 11.3 Å². The van der Waals surface area contributed by atoms with Crippen LogP contribution in [0.15, 0.2) is 12.1 Å². The Kier molecular flexibility index (Phi) is 3.05. The third-order valence-corrected chi connectivity index (χ3v) is 3.44. The Morgan fingerprint density at radius 2 is 2.50 bits per heavy atom. The third kappa shape index (κ3) is 2.26. The molecule has 76 valence electrons. The van der Waals surface area contributed by atoms with Crippen molar-refractivity contribution in [3.8, 4) is 0 Å². The Morgan fingerprint density at radius 3 is 3.00 bits per heavy atom. The summed E-state index contributed by atoms with van der Waals surface area (Å²) in [6, 6.07) is 3.79. The molecule has 5 heteroatoms. The van der Waals surface area contributed by atoms with E-state index >= 15 is 0 Å². The highest BCUT2D eigenvalue weighted by Gasteiger charge is 2.23. The molecule has 0 aliphatic carbocycles. The summed E-state index contributed by atoms with van der Waals surface area (Å²) >= 11 is 7.27. The molecule has 2 rings (SSSR count). The maximum atomic E-state index is 11.4. The molecule has 1 aromatic rings. The van der Waals surface area contributed by atoms with E-state index < -0.39 is 0 Å². The summed E-state index contributed by atoms with van der Waals surface area (Å²) in [5, 5.41) is 5.92. The van der Waals surface area contributed by atoms with Gasteiger partial charge in [0.05, 0.1) is 16.9 Å². The highest BCUT2D eigenvalue weighted by molar-refractivity contribution is 7.16. The van der Waals surface area contributed by atoms with Crippen molar-refractivity contribution in [2.75, 3.05) is 6.54 Å². The summed E-state index contributed by atoms with van der Waals surface area (Å²) in [5.41, 5.74) is 0. The molecule has 1 saturated heterocycles. The molecule has 0 spiro atoms. The normalized spacial score (nSPS) is 20.2. The van der Waals surface area contributed by atoms with E-state index in [-0.39, 0.29) is 11.9 Å². The van der Waals surface area contributed by atoms with Gasteiger partial charge in [0.1, 0.15) is 0 Å². The maximum Gasteiger partial charge on any atom is 0.237 e. The Labute approximate surface area is 91.5 Å². The van der Waals surface area contributed by atoms with Gasteiger partial charge in [-0.1, -0.05) is 11.6 Å². The van der Waals surface area contributed by atoms with Crippen LogP contribution >= 0.6 is 22.9 Å². The second kappa shape index (κ2) is 4.29. The van der Waals surface area contributed by atoms with Gasteiger partial charge in [-0.05, 0) is 25.1 Å². The van der Waals surface area contributed by atoms with Crippen molar-refractivity contribution < 1.29 is 4.79 Å². The quantitative estimate of drug-likeness (QED) is 0.824. The number of thiophene rings is 1. The average Bonchev–Trinajstić information content (AvgIpc) is 2.45. The van der Waals surface area contributed by atoms with Crippen molar-refractivity contribution in [1.29, 1.82) is 0 Å². The molecular weight excluding hydrogens is 220 g/mol. The lowest BCUT2D eigenvalue weighted by molar-refractivity contribution is -0.124. The largest absolute Gasteiger partial charge is 0.350 e. The van der Waals surface area contributed by atoms with Crippen LogP contribution in [0.1, 0.15) is 11.3 Å². The second-order valence-electron chi connectivity index (χ2n) is 3.22. The Balaban J connectivity index is 1.79. The van der Waals surface area contributed by atoms with Crippen LogP contribution in [0.2, 0.25) is 4.34 Å². The lowest BCUT2D eigenvalue weighted by atomic mass is 10.1. The van der Waals surface area contributed by atoms with Crippen molar-refractivity contribution in [3.05, 3.63) is 21.3 Å². The van der Waals surface area contributed by atoms with Crippen LogP contribution in [0, 0.1) is 0 Å². The van der Waals surface area contributed by atoms with Gasteiger partial charge in [0.2, 0.25) is 5.91 Å². The molecule has 1 fully saturated rings. The zero-order valence-corrected chi connectivity index (χ0v) is 9.12. The van der Waals surface area contributed by atoms with E-state index in [2.05, 4.69) is 10.6 Å². The highest BCUT2D eigenvalue weighted by atomic mass is 35.5. The van der Waals surface area contributed by atoms with Crippen LogP contribution in [-0.2, 0) is 11.3 Å². The van der Waals surface area contributed by atoms with Crippen molar-refractivity contribution >= 4 is 28.8 Å². The van der Waals surface area contributed by atoms with Crippen molar-refractivity contribution in [2.24, 2.45) is 0 Å². The molecular formula is C9H11ClN2OS. The first-order chi connectivity index (χ1) is 6.75. The van der Waals surface area contributed by atoms with Crippen LogP contribution in [0.4, 0.5) is 0 Å². The maximum absolute atomic E-state index is 11.4. The molecule has 14 heavy (non-hydrogen) atoms. The summed E-state index contributed by atoms with van der Waals surface area (Å²) in [7, 11) is 0. The summed E-state index contributed by atoms with van der Waals surface area (Å²) in [6.45, 7) is 1.53. The summed E-state index contributed by atoms with van der Waals surface area (Å²) in [6.07, 6.45) is 0.941. The van der Waals surface area contributed by atoms with E-state index in [1.807, 2.05) is 12.1 Å². The number of halogens is 1. The third-order valence-electron chi connectivity index (χ3n) is 2.21. The standard InChI is InChI=1S/C9H11ClN2OS/c10-8-2-1-6(14-8)5-12-9(13)7-3-4-11-7/h1-2,7,11H,3-5H2,(H,12,13)/t7-/m1/s1. The lowest BCUT2D eigenvalue weighted by Gasteiger charge is -2.26. The van der Waals surface area contributed by atoms with Gasteiger partial charge in [-0.15, -0.1) is 11.3 Å². The first-order valence-electron chi connectivity index (χ1n) is 4.51. The Bertz CT molecular complexity index is 335. The van der Waals surface area contributed by atoms with Crippen LogP contribution in [0.25, 0.3) is 0 Å². The molecule has 0 bridgehead atoms. The van der Waals surface area contributed by atoms with Gasteiger partial charge in [-0.2, -0.15) is 0 Å². The zero-order chi connectivity index (χ0) is 9.97. The molecule has 1 amide bonds. The van der Waals surface area contributed by atoms with Gasteiger partial charge < -0.3 is 10.6 Å². The summed E-state index contributed by atoms with van der Waals surface area (Å²) < 4.78 is 0.760. The second-order valence-corrected chi connectivity index (χ2v) is 5.02. The highest BCUT2D eigenvalue weighted by Crippen LogP contribution is 2.21. The van der Waals surface area contributed by atoms with Crippen LogP contribution in [0.5, 0.6) is 0 Å². The minimum atomic E-state index is 0.0189. The summed E-state index contributed by atoms with van der Waals surface area (Å²) in [5.74, 6) is 0.0840. The van der Waals surface area contributed by atoms with Gasteiger partial charge in [0, 0.05) is 4.88 Å². The van der Waals surface area contributed by atoms with Crippen molar-refractivity contribution in [3.63, 3.8) is 0 Å². The number of carbonyl (C=O) groups is 1. The molecule has 0 saturated carbocycles. The van der Waals surface area contributed by atoms with E-state index in [0.29, 0.717) is 6.54 Å². The van der Waals surface area contributed by atoms with Gasteiger partial charge in [0.15, 0.2) is 0 Å². The van der Waals surface area contributed by atoms with Gasteiger partial charge in [-0.3, -0.25) is 4.79 Å². The van der Waals surface area contributed by atoms with Crippen molar-refractivity contribution in [2.45, 2.75) is 19.0 Å². The Morgan fingerprint density at radius 1 is 1.71 bits per heavy atom. The number of hydrogen-bond acceptors (Lipinski definition) is 3. The number of carbonyl (C=O) groups excluding carboxylic acids is 1. The van der Waals surface area contributed by atoms with Gasteiger partial charge in [-0.25, -0.2) is 0 Å². The summed E-state index contributed by atoms with van der Waals surface area (Å²) in [4.78, 5) is 12.5. The fourth-order valence-corrected chi connectivity index (χ4v) is 2.28. The smallest absolute Gasteiger partial charge is 0.237 e. The SMILES string of the molecule is O=C(NCc1ccc(Cl)s1)[C@H]1CCN1. The van der Waals surface area contributed by atoms with Crippen LogP contribution in [0.3, 0.4) is 0 Å². The fraction of sp³-hybridized carbons (Fsp3) is 0.444. The first kappa shape index (κ1) is 9.96. The number of rotatable bonds is 3. The van der Waals surface area contributed by atoms with E-state index in [9.17, 15) is 4.79 Å². The topological polar surface area (TPSA) is 41.1 Å². The number of hydrogen-bond donors (Lipinski definition) is 2. The lowest BCUT2D eigenvalue weighted by Crippen LogP contribution is -2.52. The van der Waals surface area contributed by atoms with Crippen LogP contribution < -0.4 is 10.6 Å². The van der Waals surface area contributed by atoms with E-state index in [1.54, 1.807) is 0 Å². The molecule has 0 aromatic carbocycles. The molecule has 1 aliphatic rings. The van der Waals surface area contributed by atoms with Gasteiger partial charge in [0.25, 0.3) is 0 Å². The predicted octanol–water partition coefficient (Wildman–Crippen LogP) is 1.38. The van der Waals surface area contributed by atoms with E-state index in [0.717, 1.165) is 22.2 Å². The molecule has 1 atom stereocenters. The molecule has 1 aliphatic heterocycles. The fourth-order valence-electron chi connectivity index (χ4n) is 1.26. The zero-order valence-electron chi connectivity index (χ0n) is 7.55. The average molecular weight is 231 g/mol. The van der Waals surface area contributed by atoms with Gasteiger partial charge >= 0.3 is 0 Å². The molecule has 3 nitrogen and oxygen atoms in total. The minimum Gasteiger partial charge on any atom is -0.350 e.